The van der Waals surface area contributed by atoms with E-state index in [1.807, 2.05) is 0 Å². The molecule has 3 aliphatic rings. The molecule has 2 heteroatoms. The van der Waals surface area contributed by atoms with Gasteiger partial charge in [-0.2, -0.15) is 0 Å². The molecular formula is C67H48N2. The average Bonchev–Trinajstić information content (AvgIpc) is 3.91. The van der Waals surface area contributed by atoms with E-state index in [1.54, 1.807) is 0 Å². The highest BCUT2D eigenvalue weighted by molar-refractivity contribution is 6.01. The number of nitrogens with zero attached hydrogens (tertiary/aromatic N) is 2. The maximum atomic E-state index is 2.52. The fourth-order valence-electron chi connectivity index (χ4n) is 11.6. The Morgan fingerprint density at radius 1 is 0.275 bits per heavy atom. The number of rotatable bonds is 9. The third kappa shape index (κ3) is 6.71. The molecule has 0 saturated carbocycles. The predicted molar refractivity (Wildman–Crippen MR) is 288 cm³/mol. The van der Waals surface area contributed by atoms with Crippen molar-refractivity contribution in [2.45, 2.75) is 18.3 Å². The fourth-order valence-corrected chi connectivity index (χ4v) is 11.6. The van der Waals surface area contributed by atoms with E-state index >= 15 is 0 Å². The van der Waals surface area contributed by atoms with E-state index < -0.39 is 0 Å². The smallest absolute Gasteiger partial charge is 0.0689 e. The lowest BCUT2D eigenvalue weighted by Gasteiger charge is -2.36. The Labute approximate surface area is 405 Å². The second-order valence-corrected chi connectivity index (χ2v) is 18.3. The highest BCUT2D eigenvalue weighted by atomic mass is 15.2. The lowest BCUT2D eigenvalue weighted by Crippen LogP contribution is -2.28. The minimum atomic E-state index is -0.363. The molecule has 0 aliphatic heterocycles. The second-order valence-electron chi connectivity index (χ2n) is 18.3. The van der Waals surface area contributed by atoms with Crippen LogP contribution in [0.4, 0.5) is 28.4 Å². The number of fused-ring (bicyclic) bond motifs is 9. The number of allylic oxidation sites excluding steroid dienone is 3. The molecule has 1 spiro atoms. The van der Waals surface area contributed by atoms with Crippen molar-refractivity contribution >= 4 is 34.0 Å². The summed E-state index contributed by atoms with van der Waals surface area (Å²) < 4.78 is 0. The molecule has 0 bridgehead atoms. The van der Waals surface area contributed by atoms with Crippen molar-refractivity contribution in [3.8, 4) is 44.5 Å². The molecule has 2 nitrogen and oxygen atoms in total. The van der Waals surface area contributed by atoms with Crippen LogP contribution >= 0.6 is 0 Å². The first kappa shape index (κ1) is 40.5. The van der Waals surface area contributed by atoms with Crippen molar-refractivity contribution in [2.24, 2.45) is 0 Å². The Balaban J connectivity index is 0.959. The number of benzene rings is 10. The van der Waals surface area contributed by atoms with Gasteiger partial charge in [0.1, 0.15) is 0 Å². The number of hydrogen-bond acceptors (Lipinski definition) is 2. The summed E-state index contributed by atoms with van der Waals surface area (Å²) in [6.45, 7) is 0. The van der Waals surface area contributed by atoms with Gasteiger partial charge in [-0.1, -0.05) is 206 Å². The van der Waals surface area contributed by atoms with E-state index in [4.69, 9.17) is 0 Å². The summed E-state index contributed by atoms with van der Waals surface area (Å²) >= 11 is 0. The molecule has 0 saturated heterocycles. The van der Waals surface area contributed by atoms with Crippen LogP contribution in [0.2, 0.25) is 0 Å². The molecule has 13 rings (SSSR count). The van der Waals surface area contributed by atoms with Gasteiger partial charge in [0.25, 0.3) is 0 Å². The van der Waals surface area contributed by atoms with Gasteiger partial charge >= 0.3 is 0 Å². The Kier molecular flexibility index (Phi) is 9.91. The van der Waals surface area contributed by atoms with Gasteiger partial charge in [0.05, 0.1) is 11.1 Å². The molecule has 0 aromatic heterocycles. The van der Waals surface area contributed by atoms with E-state index in [2.05, 4.69) is 277 Å². The summed E-state index contributed by atoms with van der Waals surface area (Å²) in [5.74, 6) is 0. The lowest BCUT2D eigenvalue weighted by atomic mass is 9.68. The van der Waals surface area contributed by atoms with Crippen LogP contribution in [0.5, 0.6) is 0 Å². The van der Waals surface area contributed by atoms with Crippen LogP contribution in [0.1, 0.15) is 35.1 Å². The van der Waals surface area contributed by atoms with Crippen molar-refractivity contribution in [3.63, 3.8) is 0 Å². The second kappa shape index (κ2) is 16.9. The van der Waals surface area contributed by atoms with Gasteiger partial charge in [-0.25, -0.2) is 0 Å². The molecule has 0 unspecified atom stereocenters. The minimum Gasteiger partial charge on any atom is -0.311 e. The van der Waals surface area contributed by atoms with E-state index in [9.17, 15) is 0 Å². The molecule has 0 amide bonds. The van der Waals surface area contributed by atoms with E-state index in [0.717, 1.165) is 41.3 Å². The van der Waals surface area contributed by atoms with Crippen LogP contribution in [-0.4, -0.2) is 0 Å². The molecule has 0 radical (unpaired) electrons. The zero-order valence-corrected chi connectivity index (χ0v) is 38.2. The Hall–Kier alpha value is -8.72. The monoisotopic (exact) mass is 880 g/mol. The van der Waals surface area contributed by atoms with Crippen LogP contribution in [0.3, 0.4) is 0 Å². The van der Waals surface area contributed by atoms with Crippen LogP contribution in [0, 0.1) is 0 Å². The molecule has 0 heterocycles. The minimum absolute atomic E-state index is 0.363. The van der Waals surface area contributed by atoms with Gasteiger partial charge in [-0.3, -0.25) is 0 Å². The summed E-state index contributed by atoms with van der Waals surface area (Å²) in [7, 11) is 0. The third-order valence-corrected chi connectivity index (χ3v) is 14.6. The topological polar surface area (TPSA) is 6.48 Å². The Bertz CT molecular complexity index is 3420. The van der Waals surface area contributed by atoms with Gasteiger partial charge in [-0.05, 0) is 146 Å². The van der Waals surface area contributed by atoms with Crippen molar-refractivity contribution in [1.82, 2.24) is 0 Å². The SMILES string of the molecule is C1=C(N(c2ccc(-c3ccccc3)cc2)c2ccc(N(c3ccc(-c4ccccc4)cc3)c3ccc(-c4ccccc4)cc3)cc2)C2=C(CC1)C1(c3ccccc32)c2ccccc2-c2ccccc21. The van der Waals surface area contributed by atoms with Crippen molar-refractivity contribution in [1.29, 1.82) is 0 Å². The predicted octanol–water partition coefficient (Wildman–Crippen LogP) is 17.8. The zero-order chi connectivity index (χ0) is 45.7. The van der Waals surface area contributed by atoms with Crippen LogP contribution in [0.15, 0.2) is 278 Å². The standard InChI is InChI=1S/C67H48N2/c1-4-17-47(18-5-1)50-31-37-53(38-32-50)68(54-39-33-51(34-40-54)48-19-6-2-7-20-48)55-43-45-57(46-44-55)69(56-41-35-52(36-42-56)49-21-8-3-9-22-49)65-30-16-29-64-66(65)60-25-12-15-28-63(60)67(64)61-26-13-10-23-58(61)59-24-11-14-27-62(59)67/h1-15,17-28,30-46H,16,29H2. The summed E-state index contributed by atoms with van der Waals surface area (Å²) in [5.41, 5.74) is 24.6. The van der Waals surface area contributed by atoms with Crippen molar-refractivity contribution in [3.05, 3.63) is 300 Å². The van der Waals surface area contributed by atoms with E-state index in [-0.39, 0.29) is 5.41 Å². The molecular weight excluding hydrogens is 833 g/mol. The molecule has 0 N–H and O–H groups in total. The number of anilines is 5. The van der Waals surface area contributed by atoms with Gasteiger partial charge in [0.2, 0.25) is 0 Å². The average molecular weight is 881 g/mol. The molecule has 10 aromatic carbocycles. The zero-order valence-electron chi connectivity index (χ0n) is 38.2. The first-order chi connectivity index (χ1) is 34.2. The van der Waals surface area contributed by atoms with Crippen LogP contribution < -0.4 is 9.80 Å². The summed E-state index contributed by atoms with van der Waals surface area (Å²) in [4.78, 5) is 4.89. The molecule has 0 fully saturated rings. The van der Waals surface area contributed by atoms with Gasteiger partial charge < -0.3 is 9.80 Å². The van der Waals surface area contributed by atoms with Crippen molar-refractivity contribution < 1.29 is 0 Å². The van der Waals surface area contributed by atoms with E-state index in [0.29, 0.717) is 0 Å². The quantitative estimate of drug-likeness (QED) is 0.143. The van der Waals surface area contributed by atoms with Gasteiger partial charge in [0, 0.05) is 34.0 Å². The highest BCUT2D eigenvalue weighted by Gasteiger charge is 2.53. The maximum absolute atomic E-state index is 2.52. The van der Waals surface area contributed by atoms with Crippen LogP contribution in [-0.2, 0) is 5.41 Å². The Morgan fingerprint density at radius 3 is 0.986 bits per heavy atom. The van der Waals surface area contributed by atoms with Gasteiger partial charge in [-0.15, -0.1) is 0 Å². The highest BCUT2D eigenvalue weighted by Crippen LogP contribution is 2.65. The first-order valence-corrected chi connectivity index (χ1v) is 24.1. The van der Waals surface area contributed by atoms with Gasteiger partial charge in [0.15, 0.2) is 0 Å². The van der Waals surface area contributed by atoms with Crippen molar-refractivity contribution in [2.75, 3.05) is 9.80 Å². The number of hydrogen-bond donors (Lipinski definition) is 0. The summed E-state index contributed by atoms with van der Waals surface area (Å²) in [6, 6.07) is 95.7. The molecule has 10 aromatic rings. The Morgan fingerprint density at radius 2 is 0.580 bits per heavy atom. The summed E-state index contributed by atoms with van der Waals surface area (Å²) in [6.07, 6.45) is 4.42. The molecule has 69 heavy (non-hydrogen) atoms. The molecule has 326 valence electrons. The lowest BCUT2D eigenvalue weighted by molar-refractivity contribution is 0.711. The molecule has 0 atom stereocenters. The normalized spacial score (nSPS) is 13.8. The van der Waals surface area contributed by atoms with E-state index in [1.165, 1.54) is 83.6 Å². The summed E-state index contributed by atoms with van der Waals surface area (Å²) in [5, 5.41) is 0. The third-order valence-electron chi connectivity index (χ3n) is 14.6. The first-order valence-electron chi connectivity index (χ1n) is 24.1. The maximum Gasteiger partial charge on any atom is 0.0689 e. The molecule has 3 aliphatic carbocycles. The van der Waals surface area contributed by atoms with Crippen LogP contribution in [0.25, 0.3) is 50.1 Å². The fraction of sp³-hybridized carbons (Fsp3) is 0.0448. The largest absolute Gasteiger partial charge is 0.311 e.